The molecule has 0 N–H and O–H groups in total. The minimum Gasteiger partial charge on any atom is -0.183 e. The molecule has 3 rings (SSSR count). The molecule has 0 saturated carbocycles. The largest absolute Gasteiger partial charge is 0.183 e. The van der Waals surface area contributed by atoms with E-state index >= 15 is 0 Å². The monoisotopic (exact) mass is 227 g/mol. The van der Waals surface area contributed by atoms with E-state index in [2.05, 4.69) is 30.0 Å². The van der Waals surface area contributed by atoms with Crippen molar-refractivity contribution >= 4 is 21.5 Å². The average Bonchev–Trinajstić information content (AvgIpc) is 2.43. The van der Waals surface area contributed by atoms with Gasteiger partial charge in [-0.25, -0.2) is 0 Å². The van der Waals surface area contributed by atoms with Crippen LogP contribution in [0.25, 0.3) is 21.5 Å². The predicted molar refractivity (Wildman–Crippen MR) is 73.9 cm³/mol. The first kappa shape index (κ1) is 10.4. The number of hydrogen-bond donors (Lipinski definition) is 0. The maximum Gasteiger partial charge on any atom is 0.152 e. The molecule has 18 heavy (non-hydrogen) atoms. The van der Waals surface area contributed by atoms with Gasteiger partial charge in [-0.15, -0.1) is 0 Å². The fraction of sp³-hybridized carbons (Fsp3) is 0. The van der Waals surface area contributed by atoms with Gasteiger partial charge in [0.05, 0.1) is 0 Å². The fourth-order valence-corrected chi connectivity index (χ4v) is 2.24. The Kier molecular flexibility index (Phi) is 2.45. The van der Waals surface area contributed by atoms with Gasteiger partial charge in [0.2, 0.25) is 0 Å². The number of nitrogens with zero attached hydrogens (tertiary/aromatic N) is 1. The van der Waals surface area contributed by atoms with Gasteiger partial charge in [-0.2, -0.15) is 5.26 Å². The van der Waals surface area contributed by atoms with Gasteiger partial charge in [0.1, 0.15) is 0 Å². The molecule has 3 aromatic carbocycles. The van der Waals surface area contributed by atoms with Gasteiger partial charge in [-0.05, 0) is 33.5 Å². The molecule has 0 unspecified atom stereocenters. The Hall–Kier alpha value is -2.77. The van der Waals surface area contributed by atoms with Gasteiger partial charge in [0.15, 0.2) is 6.07 Å². The molecule has 0 bridgehead atoms. The Bertz CT molecular complexity index is 788. The lowest BCUT2D eigenvalue weighted by molar-refractivity contribution is 1.55. The second-order valence-electron chi connectivity index (χ2n) is 4.06. The molecule has 0 aliphatic carbocycles. The summed E-state index contributed by atoms with van der Waals surface area (Å²) in [6.07, 6.45) is 0. The second-order valence-corrected chi connectivity index (χ2v) is 4.06. The summed E-state index contributed by atoms with van der Waals surface area (Å²) in [6, 6.07) is 20.3. The van der Waals surface area contributed by atoms with Gasteiger partial charge in [-0.3, -0.25) is 0 Å². The highest BCUT2D eigenvalue weighted by Gasteiger charge is 2.04. The Morgan fingerprint density at radius 2 is 1.33 bits per heavy atom. The molecule has 0 amide bonds. The molecule has 0 saturated heterocycles. The number of fused-ring (bicyclic) bond motifs is 2. The highest BCUT2D eigenvalue weighted by Crippen LogP contribution is 2.27. The minimum atomic E-state index is 0.935. The second kappa shape index (κ2) is 4.24. The van der Waals surface area contributed by atoms with Crippen LogP contribution in [-0.4, -0.2) is 0 Å². The van der Waals surface area contributed by atoms with Crippen LogP contribution in [0.4, 0.5) is 0 Å². The lowest BCUT2D eigenvalue weighted by Gasteiger charge is -2.06. The lowest BCUT2D eigenvalue weighted by Crippen LogP contribution is -1.84. The molecule has 3 aromatic rings. The van der Waals surface area contributed by atoms with Crippen LogP contribution >= 0.6 is 0 Å². The van der Waals surface area contributed by atoms with Gasteiger partial charge in [0.25, 0.3) is 0 Å². The van der Waals surface area contributed by atoms with Gasteiger partial charge in [0, 0.05) is 11.5 Å². The molecule has 0 aromatic heterocycles. The molecule has 0 fully saturated rings. The van der Waals surface area contributed by atoms with E-state index in [-0.39, 0.29) is 0 Å². The minimum absolute atomic E-state index is 0.935. The predicted octanol–water partition coefficient (Wildman–Crippen LogP) is 3.87. The van der Waals surface area contributed by atoms with Crippen molar-refractivity contribution in [3.05, 3.63) is 60.2 Å². The number of benzene rings is 3. The zero-order valence-electron chi connectivity index (χ0n) is 9.64. The van der Waals surface area contributed by atoms with Crippen molar-refractivity contribution < 1.29 is 0 Å². The maximum atomic E-state index is 8.65. The summed E-state index contributed by atoms with van der Waals surface area (Å²) in [5.41, 5.74) is 0.935. The summed E-state index contributed by atoms with van der Waals surface area (Å²) in [6.45, 7) is 0. The van der Waals surface area contributed by atoms with Crippen LogP contribution in [-0.2, 0) is 0 Å². The summed E-state index contributed by atoms with van der Waals surface area (Å²) in [7, 11) is 0. The Balaban J connectivity index is 2.54. The topological polar surface area (TPSA) is 23.8 Å². The van der Waals surface area contributed by atoms with Gasteiger partial charge in [-0.1, -0.05) is 48.5 Å². The summed E-state index contributed by atoms with van der Waals surface area (Å²) < 4.78 is 0. The van der Waals surface area contributed by atoms with Crippen LogP contribution < -0.4 is 0 Å². The van der Waals surface area contributed by atoms with Crippen molar-refractivity contribution in [2.45, 2.75) is 0 Å². The molecule has 0 aliphatic rings. The van der Waals surface area contributed by atoms with Crippen molar-refractivity contribution in [1.29, 1.82) is 5.26 Å². The lowest BCUT2D eigenvalue weighted by atomic mass is 9.97. The smallest absolute Gasteiger partial charge is 0.152 e. The Morgan fingerprint density at radius 3 is 1.89 bits per heavy atom. The first-order chi connectivity index (χ1) is 8.90. The fourth-order valence-electron chi connectivity index (χ4n) is 2.24. The third-order valence-electron chi connectivity index (χ3n) is 3.01. The Morgan fingerprint density at radius 1 is 0.778 bits per heavy atom. The molecule has 0 radical (unpaired) electrons. The van der Waals surface area contributed by atoms with Crippen LogP contribution in [0.15, 0.2) is 54.6 Å². The van der Waals surface area contributed by atoms with Gasteiger partial charge < -0.3 is 0 Å². The SMILES string of the molecule is N#CC#Cc1c2ccccc2cc2ccccc12. The number of hydrogen-bond acceptors (Lipinski definition) is 1. The van der Waals surface area contributed by atoms with Crippen molar-refractivity contribution in [1.82, 2.24) is 0 Å². The molecule has 1 heteroatoms. The van der Waals surface area contributed by atoms with Crippen LogP contribution in [0.1, 0.15) is 5.56 Å². The normalized spacial score (nSPS) is 9.72. The van der Waals surface area contributed by atoms with Crippen molar-refractivity contribution in [3.8, 4) is 17.9 Å². The van der Waals surface area contributed by atoms with Gasteiger partial charge >= 0.3 is 0 Å². The van der Waals surface area contributed by atoms with Crippen molar-refractivity contribution in [2.24, 2.45) is 0 Å². The van der Waals surface area contributed by atoms with E-state index in [1.807, 2.05) is 42.5 Å². The quantitative estimate of drug-likeness (QED) is 0.422. The first-order valence-electron chi connectivity index (χ1n) is 5.71. The van der Waals surface area contributed by atoms with Crippen LogP contribution in [0.2, 0.25) is 0 Å². The van der Waals surface area contributed by atoms with E-state index in [9.17, 15) is 0 Å². The Labute approximate surface area is 105 Å². The summed E-state index contributed by atoms with van der Waals surface area (Å²) in [5.74, 6) is 5.47. The summed E-state index contributed by atoms with van der Waals surface area (Å²) >= 11 is 0. The summed E-state index contributed by atoms with van der Waals surface area (Å²) in [4.78, 5) is 0. The van der Waals surface area contributed by atoms with E-state index in [4.69, 9.17) is 5.26 Å². The molecular weight excluding hydrogens is 218 g/mol. The van der Waals surface area contributed by atoms with E-state index in [0.717, 1.165) is 27.1 Å². The zero-order chi connectivity index (χ0) is 12.4. The average molecular weight is 227 g/mol. The molecule has 82 valence electrons. The van der Waals surface area contributed by atoms with E-state index in [1.165, 1.54) is 0 Å². The molecule has 0 aliphatic heterocycles. The number of rotatable bonds is 0. The first-order valence-corrected chi connectivity index (χ1v) is 5.71. The third-order valence-corrected chi connectivity index (χ3v) is 3.01. The van der Waals surface area contributed by atoms with E-state index in [1.54, 1.807) is 0 Å². The maximum absolute atomic E-state index is 8.65. The highest BCUT2D eigenvalue weighted by molar-refractivity contribution is 6.04. The van der Waals surface area contributed by atoms with Crippen LogP contribution in [0.5, 0.6) is 0 Å². The third kappa shape index (κ3) is 1.59. The van der Waals surface area contributed by atoms with E-state index < -0.39 is 0 Å². The van der Waals surface area contributed by atoms with Crippen molar-refractivity contribution in [2.75, 3.05) is 0 Å². The summed E-state index contributed by atoms with van der Waals surface area (Å²) in [5, 5.41) is 13.1. The van der Waals surface area contributed by atoms with Crippen molar-refractivity contribution in [3.63, 3.8) is 0 Å². The zero-order valence-corrected chi connectivity index (χ0v) is 9.64. The van der Waals surface area contributed by atoms with Crippen LogP contribution in [0.3, 0.4) is 0 Å². The van der Waals surface area contributed by atoms with Crippen LogP contribution in [0, 0.1) is 23.2 Å². The molecule has 0 atom stereocenters. The highest BCUT2D eigenvalue weighted by atomic mass is 14.2. The number of nitriles is 1. The molecule has 0 spiro atoms. The molecule has 1 nitrogen and oxygen atoms in total. The molecule has 0 heterocycles. The standard InChI is InChI=1S/C17H9N/c18-11-5-10-17-15-8-3-1-6-13(15)12-14-7-2-4-9-16(14)17/h1-4,6-9,12H. The molecular formula is C17H9N. The van der Waals surface area contributed by atoms with E-state index in [0.29, 0.717) is 0 Å².